The lowest BCUT2D eigenvalue weighted by Crippen LogP contribution is -2.15. The molecule has 0 aliphatic heterocycles. The molecule has 3 rings (SSSR count). The quantitative estimate of drug-likeness (QED) is 0.558. The summed E-state index contributed by atoms with van der Waals surface area (Å²) in [5.41, 5.74) is 2.84. The van der Waals surface area contributed by atoms with Crippen LogP contribution in [0.15, 0.2) is 69.9 Å². The van der Waals surface area contributed by atoms with Crippen molar-refractivity contribution in [2.75, 3.05) is 6.54 Å². The third-order valence-corrected chi connectivity index (χ3v) is 3.68. The van der Waals surface area contributed by atoms with Gasteiger partial charge in [0.05, 0.1) is 0 Å². The van der Waals surface area contributed by atoms with Crippen molar-refractivity contribution in [2.24, 2.45) is 0 Å². The summed E-state index contributed by atoms with van der Waals surface area (Å²) in [4.78, 5) is 11.2. The van der Waals surface area contributed by atoms with E-state index in [2.05, 4.69) is 35.6 Å². The van der Waals surface area contributed by atoms with E-state index < -0.39 is 0 Å². The zero-order valence-electron chi connectivity index (χ0n) is 12.4. The maximum absolute atomic E-state index is 11.2. The Hall–Kier alpha value is -2.39. The van der Waals surface area contributed by atoms with Gasteiger partial charge in [0.1, 0.15) is 5.58 Å². The monoisotopic (exact) mass is 293 g/mol. The predicted octanol–water partition coefficient (Wildman–Crippen LogP) is 3.52. The number of hydrogen-bond acceptors (Lipinski definition) is 3. The summed E-state index contributed by atoms with van der Waals surface area (Å²) in [6.45, 7) is 1.75. The van der Waals surface area contributed by atoms with Crippen LogP contribution in [0.25, 0.3) is 11.0 Å². The third kappa shape index (κ3) is 3.83. The fourth-order valence-electron chi connectivity index (χ4n) is 2.51. The number of benzene rings is 2. The van der Waals surface area contributed by atoms with Gasteiger partial charge >= 0.3 is 5.63 Å². The molecule has 0 saturated heterocycles. The smallest absolute Gasteiger partial charge is 0.336 e. The third-order valence-electron chi connectivity index (χ3n) is 3.68. The van der Waals surface area contributed by atoms with Crippen LogP contribution >= 0.6 is 0 Å². The molecular weight excluding hydrogens is 274 g/mol. The Morgan fingerprint density at radius 3 is 2.59 bits per heavy atom. The van der Waals surface area contributed by atoms with Crippen molar-refractivity contribution in [3.05, 3.63) is 82.2 Å². The van der Waals surface area contributed by atoms with Crippen LogP contribution in [0.5, 0.6) is 0 Å². The first-order chi connectivity index (χ1) is 10.8. The van der Waals surface area contributed by atoms with Crippen molar-refractivity contribution in [1.29, 1.82) is 0 Å². The summed E-state index contributed by atoms with van der Waals surface area (Å²) >= 11 is 0. The van der Waals surface area contributed by atoms with Gasteiger partial charge in [0.15, 0.2) is 0 Å². The Morgan fingerprint density at radius 1 is 0.909 bits per heavy atom. The van der Waals surface area contributed by atoms with Crippen LogP contribution in [0, 0.1) is 0 Å². The van der Waals surface area contributed by atoms with E-state index in [0.29, 0.717) is 5.58 Å². The van der Waals surface area contributed by atoms with E-state index in [-0.39, 0.29) is 5.63 Å². The highest BCUT2D eigenvalue weighted by Crippen LogP contribution is 2.13. The van der Waals surface area contributed by atoms with E-state index in [1.165, 1.54) is 11.6 Å². The molecule has 0 radical (unpaired) electrons. The first kappa shape index (κ1) is 14.5. The van der Waals surface area contributed by atoms with Gasteiger partial charge in [-0.05, 0) is 42.6 Å². The maximum atomic E-state index is 11.2. The first-order valence-electron chi connectivity index (χ1n) is 7.59. The van der Waals surface area contributed by atoms with Crippen molar-refractivity contribution >= 4 is 11.0 Å². The fraction of sp³-hybridized carbons (Fsp3) is 0.211. The topological polar surface area (TPSA) is 42.2 Å². The molecule has 3 aromatic rings. The highest BCUT2D eigenvalue weighted by Gasteiger charge is 1.99. The fourth-order valence-corrected chi connectivity index (χ4v) is 2.51. The van der Waals surface area contributed by atoms with Crippen molar-refractivity contribution in [3.63, 3.8) is 0 Å². The van der Waals surface area contributed by atoms with Gasteiger partial charge in [-0.25, -0.2) is 4.79 Å². The minimum absolute atomic E-state index is 0.305. The second kappa shape index (κ2) is 7.05. The second-order valence-corrected chi connectivity index (χ2v) is 5.39. The predicted molar refractivity (Wildman–Crippen MR) is 89.0 cm³/mol. The van der Waals surface area contributed by atoms with E-state index in [1.807, 2.05) is 18.2 Å². The lowest BCUT2D eigenvalue weighted by atomic mass is 10.1. The van der Waals surface area contributed by atoms with E-state index >= 15 is 0 Å². The Morgan fingerprint density at radius 2 is 1.73 bits per heavy atom. The van der Waals surface area contributed by atoms with E-state index in [9.17, 15) is 4.79 Å². The molecule has 0 atom stereocenters. The lowest BCUT2D eigenvalue weighted by Gasteiger charge is -2.06. The van der Waals surface area contributed by atoms with Crippen molar-refractivity contribution in [3.8, 4) is 0 Å². The molecule has 0 unspecified atom stereocenters. The van der Waals surface area contributed by atoms with Gasteiger partial charge in [-0.3, -0.25) is 0 Å². The maximum Gasteiger partial charge on any atom is 0.336 e. The van der Waals surface area contributed by atoms with Crippen molar-refractivity contribution in [1.82, 2.24) is 5.32 Å². The lowest BCUT2D eigenvalue weighted by molar-refractivity contribution is 0.560. The van der Waals surface area contributed by atoms with Gasteiger partial charge in [-0.1, -0.05) is 42.5 Å². The summed E-state index contributed by atoms with van der Waals surface area (Å²) in [6.07, 6.45) is 2.19. The van der Waals surface area contributed by atoms with Crippen LogP contribution in [-0.2, 0) is 13.0 Å². The number of rotatable bonds is 6. The summed E-state index contributed by atoms with van der Waals surface area (Å²) in [5.74, 6) is 0. The largest absolute Gasteiger partial charge is 0.423 e. The number of nitrogens with one attached hydrogen (secondary N) is 1. The molecule has 1 aromatic heterocycles. The molecule has 1 heterocycles. The van der Waals surface area contributed by atoms with Gasteiger partial charge in [-0.15, -0.1) is 0 Å². The Labute approximate surface area is 129 Å². The summed E-state index contributed by atoms with van der Waals surface area (Å²) in [7, 11) is 0. The molecule has 2 aromatic carbocycles. The van der Waals surface area contributed by atoms with Crippen molar-refractivity contribution in [2.45, 2.75) is 19.4 Å². The second-order valence-electron chi connectivity index (χ2n) is 5.39. The number of aryl methyl sites for hydroxylation is 1. The molecular formula is C19H19NO2. The number of hydrogen-bond donors (Lipinski definition) is 1. The van der Waals surface area contributed by atoms with Gasteiger partial charge < -0.3 is 9.73 Å². The van der Waals surface area contributed by atoms with Crippen LogP contribution in [-0.4, -0.2) is 6.54 Å². The summed E-state index contributed by atoms with van der Waals surface area (Å²) in [5, 5.41) is 4.38. The van der Waals surface area contributed by atoms with Crippen LogP contribution in [0.1, 0.15) is 17.5 Å². The summed E-state index contributed by atoms with van der Waals surface area (Å²) < 4.78 is 5.20. The van der Waals surface area contributed by atoms with Crippen LogP contribution in [0.4, 0.5) is 0 Å². The SMILES string of the molecule is O=c1ccc2ccc(CNCCCc3ccccc3)cc2o1. The molecule has 22 heavy (non-hydrogen) atoms. The average Bonchev–Trinajstić information content (AvgIpc) is 2.55. The van der Waals surface area contributed by atoms with E-state index in [4.69, 9.17) is 4.42 Å². The molecule has 3 heteroatoms. The van der Waals surface area contributed by atoms with Gasteiger partial charge in [0, 0.05) is 18.0 Å². The Bertz CT molecular complexity index is 793. The normalized spacial score (nSPS) is 10.9. The standard InChI is InChI=1S/C19H19NO2/c21-19-11-10-17-9-8-16(13-18(17)22-19)14-20-12-4-7-15-5-2-1-3-6-15/h1-3,5-6,8-11,13,20H,4,7,12,14H2. The molecule has 0 spiro atoms. The van der Waals surface area contributed by atoms with Crippen LogP contribution in [0.3, 0.4) is 0 Å². The summed E-state index contributed by atoms with van der Waals surface area (Å²) in [6, 6.07) is 19.7. The van der Waals surface area contributed by atoms with Gasteiger partial charge in [-0.2, -0.15) is 0 Å². The number of fused-ring (bicyclic) bond motifs is 1. The Kier molecular flexibility index (Phi) is 4.66. The molecule has 0 fully saturated rings. The van der Waals surface area contributed by atoms with Gasteiger partial charge in [0.25, 0.3) is 0 Å². The Balaban J connectivity index is 1.50. The zero-order valence-corrected chi connectivity index (χ0v) is 12.4. The zero-order chi connectivity index (χ0) is 15.2. The van der Waals surface area contributed by atoms with Crippen molar-refractivity contribution < 1.29 is 4.42 Å². The molecule has 1 N–H and O–H groups in total. The molecule has 0 bridgehead atoms. The highest BCUT2D eigenvalue weighted by molar-refractivity contribution is 5.76. The highest BCUT2D eigenvalue weighted by atomic mass is 16.4. The first-order valence-corrected chi connectivity index (χ1v) is 7.59. The molecule has 0 saturated carbocycles. The van der Waals surface area contributed by atoms with Crippen LogP contribution in [0.2, 0.25) is 0 Å². The molecule has 0 amide bonds. The molecule has 112 valence electrons. The minimum Gasteiger partial charge on any atom is -0.423 e. The average molecular weight is 293 g/mol. The van der Waals surface area contributed by atoms with E-state index in [0.717, 1.165) is 36.9 Å². The molecule has 3 nitrogen and oxygen atoms in total. The van der Waals surface area contributed by atoms with E-state index in [1.54, 1.807) is 6.07 Å². The van der Waals surface area contributed by atoms with Crippen LogP contribution < -0.4 is 10.9 Å². The molecule has 0 aliphatic carbocycles. The van der Waals surface area contributed by atoms with Gasteiger partial charge in [0.2, 0.25) is 0 Å². The molecule has 0 aliphatic rings. The minimum atomic E-state index is -0.305.